The molecule has 0 aliphatic heterocycles. The number of benzene rings is 1. The quantitative estimate of drug-likeness (QED) is 0.523. The number of amides is 2. The van der Waals surface area contributed by atoms with Gasteiger partial charge in [0.25, 0.3) is 17.0 Å². The minimum Gasteiger partial charge on any atom is -0.345 e. The zero-order valence-electron chi connectivity index (χ0n) is 14.3. The van der Waals surface area contributed by atoms with Crippen LogP contribution in [0.4, 0.5) is 0 Å². The van der Waals surface area contributed by atoms with E-state index in [0.29, 0.717) is 11.1 Å². The molecule has 0 unspecified atom stereocenters. The standard InChI is InChI=1S/C17H16BrN5O4/c1-22-9-10(18)8-13(22)16(26)20-19-14(24)6-7-23-17(27)12-5-3-2-4-11(12)15(25)21-23/h2-5,8-9H,6-7H2,1H3,(H,19,24)(H,20,26)(H,21,25). The van der Waals surface area contributed by atoms with Crippen molar-refractivity contribution in [2.24, 2.45) is 7.05 Å². The highest BCUT2D eigenvalue weighted by Gasteiger charge is 2.13. The van der Waals surface area contributed by atoms with E-state index in [1.807, 2.05) is 0 Å². The zero-order chi connectivity index (χ0) is 19.6. The third-order valence-corrected chi connectivity index (χ3v) is 4.40. The molecule has 3 rings (SSSR count). The van der Waals surface area contributed by atoms with Gasteiger partial charge in [0.1, 0.15) is 5.69 Å². The fraction of sp³-hybridized carbons (Fsp3) is 0.176. The van der Waals surface area contributed by atoms with E-state index in [2.05, 4.69) is 31.9 Å². The van der Waals surface area contributed by atoms with Gasteiger partial charge in [-0.15, -0.1) is 0 Å². The number of nitrogens with zero attached hydrogens (tertiary/aromatic N) is 2. The van der Waals surface area contributed by atoms with Gasteiger partial charge in [-0.1, -0.05) is 12.1 Å². The highest BCUT2D eigenvalue weighted by atomic mass is 79.9. The maximum atomic E-state index is 12.4. The van der Waals surface area contributed by atoms with Gasteiger partial charge in [0.05, 0.1) is 17.3 Å². The van der Waals surface area contributed by atoms with Crippen LogP contribution in [-0.4, -0.2) is 26.2 Å². The molecule has 0 saturated carbocycles. The number of H-pyrrole nitrogens is 1. The van der Waals surface area contributed by atoms with Gasteiger partial charge in [-0.25, -0.2) is 4.68 Å². The Kier molecular flexibility index (Phi) is 5.26. The monoisotopic (exact) mass is 433 g/mol. The maximum absolute atomic E-state index is 12.4. The van der Waals surface area contributed by atoms with E-state index in [4.69, 9.17) is 0 Å². The number of aromatic nitrogens is 3. The number of nitrogens with one attached hydrogen (secondary N) is 3. The van der Waals surface area contributed by atoms with Crippen LogP contribution in [0, 0.1) is 0 Å². The summed E-state index contributed by atoms with van der Waals surface area (Å²) < 4.78 is 3.42. The largest absolute Gasteiger partial charge is 0.345 e. The van der Waals surface area contributed by atoms with Crippen LogP contribution in [0.1, 0.15) is 16.9 Å². The third-order valence-electron chi connectivity index (χ3n) is 3.97. The van der Waals surface area contributed by atoms with E-state index < -0.39 is 22.9 Å². The minimum atomic E-state index is -0.502. The summed E-state index contributed by atoms with van der Waals surface area (Å²) in [7, 11) is 1.70. The molecular formula is C17H16BrN5O4. The summed E-state index contributed by atoms with van der Waals surface area (Å²) in [6.07, 6.45) is 1.60. The Balaban J connectivity index is 1.63. The number of hydrazine groups is 1. The van der Waals surface area contributed by atoms with Gasteiger partial charge >= 0.3 is 0 Å². The molecule has 3 aromatic rings. The lowest BCUT2D eigenvalue weighted by molar-refractivity contribution is -0.122. The summed E-state index contributed by atoms with van der Waals surface area (Å²) in [5.41, 5.74) is 4.15. The predicted molar refractivity (Wildman–Crippen MR) is 102 cm³/mol. The molecule has 0 aliphatic rings. The van der Waals surface area contributed by atoms with Crippen molar-refractivity contribution in [1.29, 1.82) is 0 Å². The van der Waals surface area contributed by atoms with Crippen LogP contribution in [0.3, 0.4) is 0 Å². The fourth-order valence-corrected chi connectivity index (χ4v) is 3.14. The summed E-state index contributed by atoms with van der Waals surface area (Å²) in [4.78, 5) is 48.4. The van der Waals surface area contributed by atoms with Crippen molar-refractivity contribution >= 4 is 38.5 Å². The van der Waals surface area contributed by atoms with E-state index in [1.165, 1.54) is 0 Å². The molecule has 2 aromatic heterocycles. The van der Waals surface area contributed by atoms with Gasteiger partial charge < -0.3 is 4.57 Å². The lowest BCUT2D eigenvalue weighted by Gasteiger charge is -2.09. The molecule has 0 bridgehead atoms. The summed E-state index contributed by atoms with van der Waals surface area (Å²) in [5, 5.41) is 3.02. The molecule has 0 saturated heterocycles. The molecule has 0 spiro atoms. The van der Waals surface area contributed by atoms with E-state index in [9.17, 15) is 19.2 Å². The Bertz CT molecular complexity index is 1140. The normalized spacial score (nSPS) is 10.7. The van der Waals surface area contributed by atoms with Gasteiger partial charge in [-0.2, -0.15) is 0 Å². The molecule has 0 atom stereocenters. The molecule has 2 heterocycles. The number of halogens is 1. The summed E-state index contributed by atoms with van der Waals surface area (Å²) in [6, 6.07) is 8.06. The number of hydrogen-bond acceptors (Lipinski definition) is 4. The van der Waals surface area contributed by atoms with Crippen molar-refractivity contribution in [3.05, 3.63) is 67.4 Å². The SMILES string of the molecule is Cn1cc(Br)cc1C(=O)NNC(=O)CCn1[nH]c(=O)c2ccccc2c1=O. The van der Waals surface area contributed by atoms with Crippen LogP contribution in [0.25, 0.3) is 10.8 Å². The van der Waals surface area contributed by atoms with Gasteiger partial charge in [0.15, 0.2) is 0 Å². The van der Waals surface area contributed by atoms with Gasteiger partial charge in [0, 0.05) is 24.1 Å². The minimum absolute atomic E-state index is 0.0314. The summed E-state index contributed by atoms with van der Waals surface area (Å²) in [5.74, 6) is -0.981. The second-order valence-electron chi connectivity index (χ2n) is 5.85. The van der Waals surface area contributed by atoms with Crippen LogP contribution in [0.2, 0.25) is 0 Å². The molecular weight excluding hydrogens is 418 g/mol. The van der Waals surface area contributed by atoms with E-state index in [-0.39, 0.29) is 18.4 Å². The Morgan fingerprint density at radius 1 is 1.15 bits per heavy atom. The Hall–Kier alpha value is -3.14. The fourth-order valence-electron chi connectivity index (χ4n) is 2.62. The van der Waals surface area contributed by atoms with Gasteiger partial charge in [-0.05, 0) is 34.1 Å². The van der Waals surface area contributed by atoms with Crippen molar-refractivity contribution in [2.75, 3.05) is 0 Å². The number of carbonyl (C=O) groups excluding carboxylic acids is 2. The van der Waals surface area contributed by atoms with Crippen LogP contribution >= 0.6 is 15.9 Å². The number of aromatic amines is 1. The second-order valence-corrected chi connectivity index (χ2v) is 6.77. The number of fused-ring (bicyclic) bond motifs is 1. The average Bonchev–Trinajstić information content (AvgIpc) is 2.99. The first-order valence-corrected chi connectivity index (χ1v) is 8.79. The molecule has 3 N–H and O–H groups in total. The first-order chi connectivity index (χ1) is 12.9. The molecule has 2 amide bonds. The van der Waals surface area contributed by atoms with Crippen molar-refractivity contribution in [2.45, 2.75) is 13.0 Å². The Morgan fingerprint density at radius 3 is 2.52 bits per heavy atom. The molecule has 27 heavy (non-hydrogen) atoms. The topological polar surface area (TPSA) is 118 Å². The second kappa shape index (κ2) is 7.62. The number of aryl methyl sites for hydroxylation is 2. The van der Waals surface area contributed by atoms with Gasteiger partial charge in [-0.3, -0.25) is 35.1 Å². The lowest BCUT2D eigenvalue weighted by atomic mass is 10.2. The van der Waals surface area contributed by atoms with Gasteiger partial charge in [0.2, 0.25) is 5.91 Å². The smallest absolute Gasteiger partial charge is 0.286 e. The van der Waals surface area contributed by atoms with Crippen molar-refractivity contribution in [3.63, 3.8) is 0 Å². The third kappa shape index (κ3) is 4.00. The summed E-state index contributed by atoms with van der Waals surface area (Å²) >= 11 is 3.26. The zero-order valence-corrected chi connectivity index (χ0v) is 15.9. The summed E-state index contributed by atoms with van der Waals surface area (Å²) in [6.45, 7) is -0.0314. The molecule has 10 heteroatoms. The highest BCUT2D eigenvalue weighted by Crippen LogP contribution is 2.13. The molecule has 9 nitrogen and oxygen atoms in total. The van der Waals surface area contributed by atoms with Crippen LogP contribution in [0.5, 0.6) is 0 Å². The maximum Gasteiger partial charge on any atom is 0.286 e. The molecule has 140 valence electrons. The van der Waals surface area contributed by atoms with Crippen molar-refractivity contribution in [3.8, 4) is 0 Å². The van der Waals surface area contributed by atoms with E-state index >= 15 is 0 Å². The lowest BCUT2D eigenvalue weighted by Crippen LogP contribution is -2.43. The number of carbonyl (C=O) groups is 2. The molecule has 0 fully saturated rings. The Morgan fingerprint density at radius 2 is 1.85 bits per heavy atom. The van der Waals surface area contributed by atoms with Crippen molar-refractivity contribution < 1.29 is 9.59 Å². The first kappa shape index (κ1) is 18.6. The number of rotatable bonds is 4. The van der Waals surface area contributed by atoms with Crippen LogP contribution in [0.15, 0.2) is 50.6 Å². The van der Waals surface area contributed by atoms with E-state index in [1.54, 1.807) is 48.1 Å². The Labute approximate surface area is 161 Å². The number of hydrogen-bond donors (Lipinski definition) is 3. The predicted octanol–water partition coefficient (Wildman–Crippen LogP) is 0.642. The van der Waals surface area contributed by atoms with Crippen LogP contribution in [-0.2, 0) is 18.4 Å². The van der Waals surface area contributed by atoms with E-state index in [0.717, 1.165) is 9.15 Å². The molecule has 1 aromatic carbocycles. The molecule has 0 radical (unpaired) electrons. The van der Waals surface area contributed by atoms with Crippen LogP contribution < -0.4 is 22.0 Å². The highest BCUT2D eigenvalue weighted by molar-refractivity contribution is 9.10. The average molecular weight is 434 g/mol. The van der Waals surface area contributed by atoms with Crippen molar-refractivity contribution in [1.82, 2.24) is 25.2 Å². The first-order valence-electron chi connectivity index (χ1n) is 7.99. The molecule has 0 aliphatic carbocycles.